The average molecular weight is 480 g/mol. The third kappa shape index (κ3) is 10.8. The van der Waals surface area contributed by atoms with E-state index >= 15 is 0 Å². The summed E-state index contributed by atoms with van der Waals surface area (Å²) in [5.74, 6) is 0. The molecule has 0 aliphatic carbocycles. The molecule has 2 aromatic rings. The van der Waals surface area contributed by atoms with Gasteiger partial charge in [-0.05, 0) is 36.1 Å². The Morgan fingerprint density at radius 1 is 0.769 bits per heavy atom. The number of hydrogen-bond donors (Lipinski definition) is 0. The summed E-state index contributed by atoms with van der Waals surface area (Å²) < 4.78 is 40.4. The van der Waals surface area contributed by atoms with Gasteiger partial charge in [0.15, 0.2) is 3.57 Å². The number of aryl methyl sites for hydroxylation is 1. The van der Waals surface area contributed by atoms with Crippen LogP contribution < -0.4 is 22.6 Å². The number of benzene rings is 2. The SMILES string of the molecule is CCCCCCCCc1ccc(-c2ccccc2[IH+])cc1.F[B-](F)(F)F. The Kier molecular flexibility index (Phi) is 10.9. The van der Waals surface area contributed by atoms with Gasteiger partial charge in [0.25, 0.3) is 22.6 Å². The minimum Gasteiger partial charge on any atom is -0.418 e. The fourth-order valence-corrected chi connectivity index (χ4v) is 3.42. The van der Waals surface area contributed by atoms with Gasteiger partial charge in [-0.2, -0.15) is 0 Å². The Morgan fingerprint density at radius 3 is 1.88 bits per heavy atom. The lowest BCUT2D eigenvalue weighted by atomic mass is 10.0. The minimum atomic E-state index is -6.00. The first-order valence-corrected chi connectivity index (χ1v) is 10.2. The summed E-state index contributed by atoms with van der Waals surface area (Å²) in [6.07, 6.45) is 9.46. The van der Waals surface area contributed by atoms with Crippen LogP contribution in [0.25, 0.3) is 11.1 Å². The van der Waals surface area contributed by atoms with Gasteiger partial charge in [0, 0.05) is 5.56 Å². The summed E-state index contributed by atoms with van der Waals surface area (Å²) in [6.45, 7) is 2.27. The third-order valence-electron chi connectivity index (χ3n) is 3.97. The zero-order chi connectivity index (χ0) is 19.4. The van der Waals surface area contributed by atoms with Crippen molar-refractivity contribution in [1.82, 2.24) is 0 Å². The van der Waals surface area contributed by atoms with E-state index in [1.807, 2.05) is 0 Å². The first-order chi connectivity index (χ1) is 12.3. The molecule has 0 N–H and O–H groups in total. The molecule has 0 spiro atoms. The van der Waals surface area contributed by atoms with Crippen LogP contribution in [0.4, 0.5) is 17.3 Å². The minimum absolute atomic E-state index is 1.22. The van der Waals surface area contributed by atoms with Crippen LogP contribution in [0.1, 0.15) is 51.0 Å². The number of hydrogen-bond acceptors (Lipinski definition) is 0. The van der Waals surface area contributed by atoms with Crippen molar-refractivity contribution in [1.29, 1.82) is 0 Å². The van der Waals surface area contributed by atoms with Crippen molar-refractivity contribution >= 4 is 7.25 Å². The lowest BCUT2D eigenvalue weighted by Gasteiger charge is -2.05. The van der Waals surface area contributed by atoms with E-state index in [0.29, 0.717) is 0 Å². The Bertz CT molecular complexity index is 620. The highest BCUT2D eigenvalue weighted by Crippen LogP contribution is 2.20. The quantitative estimate of drug-likeness (QED) is 0.232. The van der Waals surface area contributed by atoms with Crippen molar-refractivity contribution in [2.24, 2.45) is 0 Å². The maximum atomic E-state index is 9.75. The maximum Gasteiger partial charge on any atom is 0.673 e. The van der Waals surface area contributed by atoms with Crippen LogP contribution in [0.5, 0.6) is 0 Å². The molecule has 0 bridgehead atoms. The molecule has 2 aromatic carbocycles. The number of rotatable bonds is 8. The molecule has 0 aliphatic heterocycles. The van der Waals surface area contributed by atoms with Gasteiger partial charge < -0.3 is 17.3 Å². The Labute approximate surface area is 167 Å². The fourth-order valence-electron chi connectivity index (χ4n) is 2.67. The van der Waals surface area contributed by atoms with Crippen LogP contribution in [-0.4, -0.2) is 7.25 Å². The molecular formula is C20H26BF4I. The Morgan fingerprint density at radius 2 is 1.31 bits per heavy atom. The molecule has 0 saturated heterocycles. The van der Waals surface area contributed by atoms with Gasteiger partial charge >= 0.3 is 7.25 Å². The molecule has 0 heterocycles. The van der Waals surface area contributed by atoms with E-state index in [2.05, 4.69) is 78.0 Å². The zero-order valence-corrected chi connectivity index (χ0v) is 17.4. The van der Waals surface area contributed by atoms with Gasteiger partial charge in [-0.1, -0.05) is 75.4 Å². The first kappa shape index (κ1) is 23.0. The smallest absolute Gasteiger partial charge is 0.418 e. The summed E-state index contributed by atoms with van der Waals surface area (Å²) in [6, 6.07) is 17.8. The van der Waals surface area contributed by atoms with E-state index < -0.39 is 7.25 Å². The third-order valence-corrected chi connectivity index (χ3v) is 4.99. The van der Waals surface area contributed by atoms with Crippen LogP contribution in [-0.2, 0) is 6.42 Å². The van der Waals surface area contributed by atoms with Crippen molar-refractivity contribution in [3.8, 4) is 11.1 Å². The summed E-state index contributed by atoms with van der Waals surface area (Å²) in [5, 5.41) is 0. The maximum absolute atomic E-state index is 9.75. The monoisotopic (exact) mass is 480 g/mol. The van der Waals surface area contributed by atoms with Crippen molar-refractivity contribution in [3.05, 3.63) is 57.7 Å². The van der Waals surface area contributed by atoms with Gasteiger partial charge in [-0.3, -0.25) is 0 Å². The van der Waals surface area contributed by atoms with E-state index in [-0.39, 0.29) is 0 Å². The van der Waals surface area contributed by atoms with Gasteiger partial charge in [0.05, 0.1) is 0 Å². The van der Waals surface area contributed by atoms with E-state index in [1.54, 1.807) is 0 Å². The summed E-state index contributed by atoms with van der Waals surface area (Å²) in [5.41, 5.74) is 4.17. The predicted octanol–water partition coefficient (Wildman–Crippen LogP) is 4.01. The van der Waals surface area contributed by atoms with E-state index in [4.69, 9.17) is 0 Å². The van der Waals surface area contributed by atoms with E-state index in [9.17, 15) is 17.3 Å². The summed E-state index contributed by atoms with van der Waals surface area (Å²) in [7, 11) is -6.00. The largest absolute Gasteiger partial charge is 0.673 e. The topological polar surface area (TPSA) is 0 Å². The molecule has 6 heteroatoms. The standard InChI is InChI=1S/C20H26I.BF4/c1-2-3-4-5-6-7-10-17-13-15-18(16-14-17)19-11-8-9-12-20(19)21;2-1(3,4)5/h8-9,11-16,21H,2-7,10H2,1H3;/q+1;-1. The molecule has 0 fully saturated rings. The predicted molar refractivity (Wildman–Crippen MR) is 99.2 cm³/mol. The fraction of sp³-hybridized carbons (Fsp3) is 0.400. The molecule has 0 atom stereocenters. The van der Waals surface area contributed by atoms with Crippen molar-refractivity contribution in [2.45, 2.75) is 51.9 Å². The van der Waals surface area contributed by atoms with Gasteiger partial charge in [-0.25, -0.2) is 0 Å². The second kappa shape index (κ2) is 12.4. The Balaban J connectivity index is 0.000000597. The summed E-state index contributed by atoms with van der Waals surface area (Å²) >= 11 is 2.10. The van der Waals surface area contributed by atoms with Gasteiger partial charge in [0.2, 0.25) is 0 Å². The van der Waals surface area contributed by atoms with Crippen LogP contribution >= 0.6 is 0 Å². The molecule has 144 valence electrons. The normalized spacial score (nSPS) is 11.0. The van der Waals surface area contributed by atoms with Crippen LogP contribution in [0.15, 0.2) is 48.5 Å². The lowest BCUT2D eigenvalue weighted by Crippen LogP contribution is -3.34. The highest BCUT2D eigenvalue weighted by molar-refractivity contribution is 6.50. The molecule has 0 saturated carbocycles. The molecule has 0 amide bonds. The Hall–Kier alpha value is -1.05. The molecule has 2 rings (SSSR count). The molecular weight excluding hydrogens is 454 g/mol. The highest BCUT2D eigenvalue weighted by atomic mass is 127. The van der Waals surface area contributed by atoms with E-state index in [0.717, 1.165) is 0 Å². The second-order valence-electron chi connectivity index (χ2n) is 6.21. The number of halogens is 5. The molecule has 0 aromatic heterocycles. The average Bonchev–Trinajstić information content (AvgIpc) is 2.58. The molecule has 0 aliphatic rings. The summed E-state index contributed by atoms with van der Waals surface area (Å²) in [4.78, 5) is 0. The van der Waals surface area contributed by atoms with Crippen LogP contribution in [0.3, 0.4) is 0 Å². The first-order valence-electron chi connectivity index (χ1n) is 9.04. The second-order valence-corrected chi connectivity index (χ2v) is 7.46. The highest BCUT2D eigenvalue weighted by Gasteiger charge is 2.20. The van der Waals surface area contributed by atoms with Crippen molar-refractivity contribution in [3.63, 3.8) is 0 Å². The van der Waals surface area contributed by atoms with Crippen molar-refractivity contribution < 1.29 is 39.9 Å². The molecule has 26 heavy (non-hydrogen) atoms. The molecule has 0 nitrogen and oxygen atoms in total. The molecule has 0 unspecified atom stereocenters. The lowest BCUT2D eigenvalue weighted by molar-refractivity contribution is -0.326. The number of unbranched alkanes of at least 4 members (excludes halogenated alkanes) is 5. The van der Waals surface area contributed by atoms with Gasteiger partial charge in [-0.15, -0.1) is 0 Å². The van der Waals surface area contributed by atoms with Crippen LogP contribution in [0.2, 0.25) is 0 Å². The van der Waals surface area contributed by atoms with Crippen LogP contribution in [0, 0.1) is 3.57 Å². The zero-order valence-electron chi connectivity index (χ0n) is 15.1. The van der Waals surface area contributed by atoms with Gasteiger partial charge in [0.1, 0.15) is 0 Å². The van der Waals surface area contributed by atoms with E-state index in [1.165, 1.54) is 65.2 Å². The molecule has 0 radical (unpaired) electrons. The van der Waals surface area contributed by atoms with Crippen molar-refractivity contribution in [2.75, 3.05) is 0 Å².